The van der Waals surface area contributed by atoms with Crippen molar-refractivity contribution in [3.05, 3.63) is 52.9 Å². The van der Waals surface area contributed by atoms with E-state index in [4.69, 9.17) is 4.74 Å². The summed E-state index contributed by atoms with van der Waals surface area (Å²) in [6.07, 6.45) is 7.69. The standard InChI is InChI=1S/C27H34N4O5S/c1-17-15-19-7-6-8-21(19)24(29-25(32)30-37(5,34)35)23(17)20-9-12-28-22(16-20)18-10-13-31(14-11-18)26(33)36-27(2,3)4/h9-10,12,15-16H,6-8,11,13-14H2,1-5H3,(H2,29,30,32). The largest absolute Gasteiger partial charge is 0.444 e. The molecule has 3 amide bonds. The number of nitrogens with zero attached hydrogens (tertiary/aromatic N) is 2. The summed E-state index contributed by atoms with van der Waals surface area (Å²) in [4.78, 5) is 31.2. The molecule has 0 spiro atoms. The molecule has 37 heavy (non-hydrogen) atoms. The van der Waals surface area contributed by atoms with Crippen LogP contribution < -0.4 is 10.0 Å². The molecule has 0 saturated carbocycles. The van der Waals surface area contributed by atoms with Gasteiger partial charge in [-0.05, 0) is 93.3 Å². The van der Waals surface area contributed by atoms with E-state index in [2.05, 4.69) is 16.4 Å². The molecule has 10 heteroatoms. The van der Waals surface area contributed by atoms with Crippen LogP contribution in [0, 0.1) is 6.92 Å². The minimum absolute atomic E-state index is 0.332. The minimum atomic E-state index is -3.70. The number of aromatic nitrogens is 1. The van der Waals surface area contributed by atoms with E-state index >= 15 is 0 Å². The van der Waals surface area contributed by atoms with Crippen molar-refractivity contribution >= 4 is 33.4 Å². The number of fused-ring (bicyclic) bond motifs is 1. The number of carbonyl (C=O) groups excluding carboxylic acids is 2. The Kier molecular flexibility index (Phi) is 7.32. The first-order valence-electron chi connectivity index (χ1n) is 12.4. The lowest BCUT2D eigenvalue weighted by atomic mass is 9.92. The quantitative estimate of drug-likeness (QED) is 0.599. The zero-order valence-corrected chi connectivity index (χ0v) is 22.8. The summed E-state index contributed by atoms with van der Waals surface area (Å²) in [6, 6.07) is 5.24. The molecule has 2 aromatic rings. The highest BCUT2D eigenvalue weighted by Gasteiger charge is 2.26. The van der Waals surface area contributed by atoms with Crippen LogP contribution in [0.3, 0.4) is 0 Å². The van der Waals surface area contributed by atoms with E-state index in [-0.39, 0.29) is 6.09 Å². The van der Waals surface area contributed by atoms with E-state index in [0.29, 0.717) is 25.2 Å². The number of rotatable bonds is 4. The van der Waals surface area contributed by atoms with Crippen LogP contribution in [0.4, 0.5) is 15.3 Å². The average Bonchev–Trinajstić information content (AvgIpc) is 3.25. The van der Waals surface area contributed by atoms with Crippen molar-refractivity contribution in [1.82, 2.24) is 14.6 Å². The van der Waals surface area contributed by atoms with E-state index < -0.39 is 21.7 Å². The van der Waals surface area contributed by atoms with Gasteiger partial charge in [0, 0.05) is 24.8 Å². The molecule has 1 aromatic carbocycles. The van der Waals surface area contributed by atoms with Gasteiger partial charge in [0.1, 0.15) is 5.60 Å². The second-order valence-corrected chi connectivity index (χ2v) is 12.3. The van der Waals surface area contributed by atoms with Crippen LogP contribution in [0.5, 0.6) is 0 Å². The highest BCUT2D eigenvalue weighted by Crippen LogP contribution is 2.40. The maximum absolute atomic E-state index is 12.5. The molecule has 0 fully saturated rings. The summed E-state index contributed by atoms with van der Waals surface area (Å²) >= 11 is 0. The Labute approximate surface area is 218 Å². The van der Waals surface area contributed by atoms with Crippen molar-refractivity contribution in [2.24, 2.45) is 0 Å². The summed E-state index contributed by atoms with van der Waals surface area (Å²) < 4.78 is 30.7. The van der Waals surface area contributed by atoms with Gasteiger partial charge in [0.05, 0.1) is 17.6 Å². The fraction of sp³-hybridized carbons (Fsp3) is 0.444. The molecule has 4 rings (SSSR count). The van der Waals surface area contributed by atoms with Crippen LogP contribution in [-0.4, -0.2) is 55.4 Å². The Bertz CT molecular complexity index is 1380. The van der Waals surface area contributed by atoms with Crippen molar-refractivity contribution in [3.8, 4) is 11.1 Å². The smallest absolute Gasteiger partial charge is 0.410 e. The molecule has 0 radical (unpaired) electrons. The van der Waals surface area contributed by atoms with Gasteiger partial charge < -0.3 is 15.0 Å². The average molecular weight is 527 g/mol. The van der Waals surface area contributed by atoms with Crippen molar-refractivity contribution in [3.63, 3.8) is 0 Å². The fourth-order valence-corrected chi connectivity index (χ4v) is 5.25. The molecular weight excluding hydrogens is 492 g/mol. The highest BCUT2D eigenvalue weighted by atomic mass is 32.2. The van der Waals surface area contributed by atoms with E-state index in [1.54, 1.807) is 11.1 Å². The number of sulfonamides is 1. The predicted molar refractivity (Wildman–Crippen MR) is 144 cm³/mol. The molecule has 1 aliphatic carbocycles. The number of nitrogens with one attached hydrogen (secondary N) is 2. The van der Waals surface area contributed by atoms with Gasteiger partial charge in [0.2, 0.25) is 10.0 Å². The molecule has 0 bridgehead atoms. The molecule has 2 heterocycles. The summed E-state index contributed by atoms with van der Waals surface area (Å²) in [5.41, 5.74) is 6.84. The van der Waals surface area contributed by atoms with Gasteiger partial charge >= 0.3 is 12.1 Å². The topological polar surface area (TPSA) is 118 Å². The van der Waals surface area contributed by atoms with Crippen LogP contribution in [0.1, 0.15) is 56.0 Å². The van der Waals surface area contributed by atoms with Crippen LogP contribution in [0.25, 0.3) is 16.7 Å². The highest BCUT2D eigenvalue weighted by molar-refractivity contribution is 7.89. The zero-order chi connectivity index (χ0) is 27.0. The van der Waals surface area contributed by atoms with E-state index in [0.717, 1.165) is 59.0 Å². The Morgan fingerprint density at radius 1 is 1.14 bits per heavy atom. The van der Waals surface area contributed by atoms with Crippen molar-refractivity contribution in [2.45, 2.75) is 59.0 Å². The van der Waals surface area contributed by atoms with Crippen LogP contribution >= 0.6 is 0 Å². The first kappa shape index (κ1) is 26.7. The first-order valence-corrected chi connectivity index (χ1v) is 14.3. The molecule has 1 aliphatic heterocycles. The second kappa shape index (κ2) is 10.2. The van der Waals surface area contributed by atoms with Crippen LogP contribution in [0.2, 0.25) is 0 Å². The molecule has 0 saturated heterocycles. The molecule has 0 unspecified atom stereocenters. The van der Waals surface area contributed by atoms with E-state index in [1.165, 1.54) is 5.56 Å². The lowest BCUT2D eigenvalue weighted by molar-refractivity contribution is 0.0270. The van der Waals surface area contributed by atoms with Gasteiger partial charge in [0.25, 0.3) is 0 Å². The SMILES string of the molecule is Cc1cc2c(c(NC(=O)NS(C)(=O)=O)c1-c1ccnc(C3=CCN(C(=O)OC(C)(C)C)CC3)c1)CCC2. The fourth-order valence-electron chi connectivity index (χ4n) is 4.87. The number of anilines is 1. The predicted octanol–water partition coefficient (Wildman–Crippen LogP) is 4.65. The van der Waals surface area contributed by atoms with Gasteiger partial charge in [-0.15, -0.1) is 0 Å². The number of carbonyl (C=O) groups is 2. The number of amides is 3. The molecule has 1 aromatic heterocycles. The number of hydrogen-bond donors (Lipinski definition) is 2. The van der Waals surface area contributed by atoms with Crippen molar-refractivity contribution in [1.29, 1.82) is 0 Å². The Hall–Kier alpha value is -3.40. The summed E-state index contributed by atoms with van der Waals surface area (Å²) in [6.45, 7) is 8.50. The number of pyridine rings is 1. The first-order chi connectivity index (χ1) is 17.3. The molecule has 198 valence electrons. The van der Waals surface area contributed by atoms with Crippen LogP contribution in [-0.2, 0) is 27.6 Å². The van der Waals surface area contributed by atoms with Crippen molar-refractivity contribution < 1.29 is 22.7 Å². The monoisotopic (exact) mass is 526 g/mol. The van der Waals surface area contributed by atoms with Gasteiger partial charge in [-0.2, -0.15) is 0 Å². The van der Waals surface area contributed by atoms with Crippen LogP contribution in [0.15, 0.2) is 30.5 Å². The number of ether oxygens (including phenoxy) is 1. The van der Waals surface area contributed by atoms with Gasteiger partial charge in [-0.1, -0.05) is 12.1 Å². The lowest BCUT2D eigenvalue weighted by Crippen LogP contribution is -2.39. The Morgan fingerprint density at radius 3 is 2.54 bits per heavy atom. The van der Waals surface area contributed by atoms with Gasteiger partial charge in [-0.3, -0.25) is 4.98 Å². The number of urea groups is 1. The summed E-state index contributed by atoms with van der Waals surface area (Å²) in [7, 11) is -3.70. The molecule has 2 aliphatic rings. The molecular formula is C27H34N4O5S. The Morgan fingerprint density at radius 2 is 1.89 bits per heavy atom. The minimum Gasteiger partial charge on any atom is -0.444 e. The Balaban J connectivity index is 1.65. The molecule has 0 atom stereocenters. The van der Waals surface area contributed by atoms with Gasteiger partial charge in [0.15, 0.2) is 0 Å². The number of aryl methyl sites for hydroxylation is 2. The van der Waals surface area contributed by atoms with Crippen molar-refractivity contribution in [2.75, 3.05) is 24.7 Å². The zero-order valence-electron chi connectivity index (χ0n) is 22.0. The van der Waals surface area contributed by atoms with E-state index in [9.17, 15) is 18.0 Å². The number of benzene rings is 1. The maximum atomic E-state index is 12.5. The lowest BCUT2D eigenvalue weighted by Gasteiger charge is -2.29. The third-order valence-electron chi connectivity index (χ3n) is 6.35. The second-order valence-electron chi connectivity index (χ2n) is 10.6. The third-order valence-corrected chi connectivity index (χ3v) is 6.91. The van der Waals surface area contributed by atoms with E-state index in [1.807, 2.05) is 50.6 Å². The summed E-state index contributed by atoms with van der Waals surface area (Å²) in [5.74, 6) is 0. The molecule has 9 nitrogen and oxygen atoms in total. The maximum Gasteiger partial charge on any atom is 0.410 e. The third kappa shape index (κ3) is 6.49. The normalized spacial score (nSPS) is 15.6. The molecule has 2 N–H and O–H groups in total. The summed E-state index contributed by atoms with van der Waals surface area (Å²) in [5, 5.41) is 2.82. The number of hydrogen-bond acceptors (Lipinski definition) is 6. The van der Waals surface area contributed by atoms with Gasteiger partial charge in [-0.25, -0.2) is 22.7 Å².